The second-order valence-electron chi connectivity index (χ2n) is 5.88. The first-order valence-corrected chi connectivity index (χ1v) is 7.53. The van der Waals surface area contributed by atoms with Gasteiger partial charge in [0.1, 0.15) is 6.04 Å². The van der Waals surface area contributed by atoms with Crippen molar-refractivity contribution >= 4 is 11.9 Å². The fourth-order valence-electron chi connectivity index (χ4n) is 1.83. The minimum Gasteiger partial charge on any atom is -0.480 e. The summed E-state index contributed by atoms with van der Waals surface area (Å²) in [5.74, 6) is -44.8. The Morgan fingerprint density at radius 3 is 1.50 bits per heavy atom. The maximum atomic E-state index is 13.6. The van der Waals surface area contributed by atoms with E-state index in [4.69, 9.17) is 5.11 Å². The third-order valence-electron chi connectivity index (χ3n) is 3.67. The lowest BCUT2D eigenvalue weighted by molar-refractivity contribution is -0.436. The summed E-state index contributed by atoms with van der Waals surface area (Å²) < 4.78 is 168. The van der Waals surface area contributed by atoms with Crippen LogP contribution in [0.1, 0.15) is 26.2 Å². The molecular formula is C13H12F13NO3. The topological polar surface area (TPSA) is 66.4 Å². The van der Waals surface area contributed by atoms with Crippen molar-refractivity contribution in [1.82, 2.24) is 5.32 Å². The fraction of sp³-hybridized carbons (Fsp3) is 0.846. The number of rotatable bonds is 10. The van der Waals surface area contributed by atoms with Crippen LogP contribution in [0.4, 0.5) is 57.1 Å². The van der Waals surface area contributed by atoms with Crippen LogP contribution in [0.2, 0.25) is 0 Å². The maximum Gasteiger partial charge on any atom is 0.460 e. The van der Waals surface area contributed by atoms with Gasteiger partial charge in [-0.25, -0.2) is 4.79 Å². The molecule has 17 heteroatoms. The van der Waals surface area contributed by atoms with Gasteiger partial charge >= 0.3 is 41.8 Å². The average molecular weight is 477 g/mol. The smallest absolute Gasteiger partial charge is 0.460 e. The molecule has 30 heavy (non-hydrogen) atoms. The number of hydrogen-bond donors (Lipinski definition) is 2. The summed E-state index contributed by atoms with van der Waals surface area (Å²) in [5.41, 5.74) is 0. The van der Waals surface area contributed by atoms with Crippen LogP contribution in [0.25, 0.3) is 0 Å². The Labute approximate surface area is 158 Å². The van der Waals surface area contributed by atoms with Crippen LogP contribution >= 0.6 is 0 Å². The summed E-state index contributed by atoms with van der Waals surface area (Å²) in [6.07, 6.45) is -8.28. The van der Waals surface area contributed by atoms with Crippen molar-refractivity contribution in [2.24, 2.45) is 0 Å². The van der Waals surface area contributed by atoms with Crippen LogP contribution in [0.3, 0.4) is 0 Å². The first-order valence-electron chi connectivity index (χ1n) is 7.53. The van der Waals surface area contributed by atoms with Crippen molar-refractivity contribution < 1.29 is 71.8 Å². The van der Waals surface area contributed by atoms with Gasteiger partial charge in [-0.05, 0) is 6.42 Å². The molecule has 4 nitrogen and oxygen atoms in total. The molecule has 0 aliphatic heterocycles. The van der Waals surface area contributed by atoms with Gasteiger partial charge in [-0.1, -0.05) is 19.8 Å². The van der Waals surface area contributed by atoms with Crippen LogP contribution in [0, 0.1) is 0 Å². The molecule has 0 aromatic heterocycles. The molecular weight excluding hydrogens is 465 g/mol. The lowest BCUT2D eigenvalue weighted by Gasteiger charge is -2.39. The van der Waals surface area contributed by atoms with Crippen molar-refractivity contribution in [1.29, 1.82) is 0 Å². The van der Waals surface area contributed by atoms with Gasteiger partial charge < -0.3 is 10.4 Å². The number of aliphatic carboxylic acids is 1. The number of unbranched alkanes of at least 4 members (excludes halogenated alkanes) is 1. The summed E-state index contributed by atoms with van der Waals surface area (Å²) in [7, 11) is 0. The van der Waals surface area contributed by atoms with Gasteiger partial charge in [0.15, 0.2) is 0 Å². The number of hydrogen-bond acceptors (Lipinski definition) is 2. The highest BCUT2D eigenvalue weighted by Gasteiger charge is 2.91. The predicted molar refractivity (Wildman–Crippen MR) is 69.9 cm³/mol. The van der Waals surface area contributed by atoms with Crippen LogP contribution in [0.5, 0.6) is 0 Å². The molecule has 0 radical (unpaired) electrons. The maximum absolute atomic E-state index is 13.6. The van der Waals surface area contributed by atoms with E-state index in [1.807, 2.05) is 0 Å². The highest BCUT2D eigenvalue weighted by atomic mass is 19.4. The molecule has 0 aromatic rings. The van der Waals surface area contributed by atoms with Crippen molar-refractivity contribution in [3.63, 3.8) is 0 Å². The fourth-order valence-corrected chi connectivity index (χ4v) is 1.83. The highest BCUT2D eigenvalue weighted by Crippen LogP contribution is 2.60. The van der Waals surface area contributed by atoms with Gasteiger partial charge in [-0.3, -0.25) is 4.79 Å². The number of amides is 1. The van der Waals surface area contributed by atoms with Gasteiger partial charge in [-0.2, -0.15) is 57.1 Å². The van der Waals surface area contributed by atoms with Crippen LogP contribution in [0.15, 0.2) is 0 Å². The van der Waals surface area contributed by atoms with Gasteiger partial charge in [0.25, 0.3) is 5.91 Å². The first kappa shape index (κ1) is 28.0. The molecule has 0 heterocycles. The lowest BCUT2D eigenvalue weighted by Crippen LogP contribution is -2.72. The van der Waals surface area contributed by atoms with E-state index < -0.39 is 60.1 Å². The third-order valence-corrected chi connectivity index (χ3v) is 3.67. The van der Waals surface area contributed by atoms with E-state index in [1.54, 1.807) is 0 Å². The van der Waals surface area contributed by atoms with Crippen molar-refractivity contribution in [2.75, 3.05) is 0 Å². The molecule has 1 atom stereocenters. The molecule has 2 N–H and O–H groups in total. The zero-order chi connectivity index (χ0) is 24.6. The Morgan fingerprint density at radius 2 is 1.17 bits per heavy atom. The van der Waals surface area contributed by atoms with Crippen molar-refractivity contribution in [3.8, 4) is 0 Å². The molecule has 1 amide bonds. The molecule has 0 saturated heterocycles. The van der Waals surface area contributed by atoms with Crippen LogP contribution < -0.4 is 5.32 Å². The molecule has 0 aliphatic rings. The standard InChI is InChI=1S/C13H12F13NO3/c1-2-3-4-5(6(28)29)27-7(30)8(14,15)9(16,17)10(18,19)11(20,21)12(22,23)13(24,25)26/h5H,2-4H2,1H3,(H,27,30)(H,28,29)/t5-/m1/s1. The molecule has 0 fully saturated rings. The van der Waals surface area contributed by atoms with E-state index >= 15 is 0 Å². The largest absolute Gasteiger partial charge is 0.480 e. The molecule has 0 unspecified atom stereocenters. The van der Waals surface area contributed by atoms with E-state index in [2.05, 4.69) is 0 Å². The first-order chi connectivity index (χ1) is 13.0. The van der Waals surface area contributed by atoms with E-state index in [1.165, 1.54) is 6.92 Å². The number of carbonyl (C=O) groups excluding carboxylic acids is 1. The Kier molecular flexibility index (Phi) is 7.74. The summed E-state index contributed by atoms with van der Waals surface area (Å²) in [5, 5.41) is 9.30. The van der Waals surface area contributed by atoms with Gasteiger partial charge in [-0.15, -0.1) is 0 Å². The second-order valence-corrected chi connectivity index (χ2v) is 5.88. The Balaban J connectivity index is 6.17. The van der Waals surface area contributed by atoms with E-state index in [0.29, 0.717) is 5.32 Å². The number of carboxylic acids is 1. The van der Waals surface area contributed by atoms with Gasteiger partial charge in [0.2, 0.25) is 0 Å². The zero-order valence-corrected chi connectivity index (χ0v) is 14.4. The number of carbonyl (C=O) groups is 2. The Bertz CT molecular complexity index is 645. The zero-order valence-electron chi connectivity index (χ0n) is 14.4. The van der Waals surface area contributed by atoms with E-state index in [-0.39, 0.29) is 12.8 Å². The minimum atomic E-state index is -8.14. The minimum absolute atomic E-state index is 0.148. The predicted octanol–water partition coefficient (Wildman–Crippen LogP) is 4.48. The normalized spacial score (nSPS) is 15.7. The average Bonchev–Trinajstić information content (AvgIpc) is 2.56. The summed E-state index contributed by atoms with van der Waals surface area (Å²) in [4.78, 5) is 22.0. The Morgan fingerprint density at radius 1 is 0.767 bits per heavy atom. The number of alkyl halides is 13. The summed E-state index contributed by atoms with van der Waals surface area (Å²) in [6, 6.07) is -2.41. The second kappa shape index (κ2) is 8.28. The van der Waals surface area contributed by atoms with Crippen molar-refractivity contribution in [3.05, 3.63) is 0 Å². The molecule has 0 aliphatic carbocycles. The monoisotopic (exact) mass is 477 g/mol. The number of carboxylic acid groups (broad SMARTS) is 1. The number of nitrogens with one attached hydrogen (secondary N) is 1. The summed E-state index contributed by atoms with van der Waals surface area (Å²) >= 11 is 0. The van der Waals surface area contributed by atoms with E-state index in [0.717, 1.165) is 0 Å². The highest BCUT2D eigenvalue weighted by molar-refractivity contribution is 5.89. The van der Waals surface area contributed by atoms with Gasteiger partial charge in [0, 0.05) is 0 Å². The van der Waals surface area contributed by atoms with Crippen molar-refractivity contribution in [2.45, 2.75) is 68.0 Å². The number of halogens is 13. The molecule has 178 valence electrons. The van der Waals surface area contributed by atoms with Crippen LogP contribution in [-0.2, 0) is 9.59 Å². The molecule has 0 aromatic carbocycles. The van der Waals surface area contributed by atoms with Crippen LogP contribution in [-0.4, -0.2) is 58.8 Å². The quantitative estimate of drug-likeness (QED) is 0.456. The molecule has 0 saturated carbocycles. The SMILES string of the molecule is CCCC[C@@H](NC(=O)C(F)(F)C(F)(F)C(F)(F)C(F)(F)C(F)(F)C(F)(F)F)C(=O)O. The third kappa shape index (κ3) is 4.38. The summed E-state index contributed by atoms with van der Waals surface area (Å²) in [6.45, 7) is 1.41. The van der Waals surface area contributed by atoms with Gasteiger partial charge in [0.05, 0.1) is 0 Å². The lowest BCUT2D eigenvalue weighted by atomic mass is 9.93. The molecule has 0 spiro atoms. The molecule has 0 rings (SSSR count). The Hall–Kier alpha value is -1.97. The van der Waals surface area contributed by atoms with E-state index in [9.17, 15) is 66.7 Å². The molecule has 0 bridgehead atoms.